The van der Waals surface area contributed by atoms with Gasteiger partial charge in [-0.3, -0.25) is 4.79 Å². The molecule has 4 aromatic rings. The molecule has 9 heteroatoms. The molecule has 3 nitrogen and oxygen atoms in total. The predicted molar refractivity (Wildman–Crippen MR) is 127 cm³/mol. The number of rotatable bonds is 7. The lowest BCUT2D eigenvalue weighted by Gasteiger charge is -2.25. The Morgan fingerprint density at radius 3 is 2.05 bits per heavy atom. The molecule has 1 amide bonds. The molecule has 2 N–H and O–H groups in total. The van der Waals surface area contributed by atoms with Crippen molar-refractivity contribution >= 4 is 16.7 Å². The molecule has 0 aliphatic heterocycles. The highest BCUT2D eigenvalue weighted by Crippen LogP contribution is 2.31. The third kappa shape index (κ3) is 5.94. The summed E-state index contributed by atoms with van der Waals surface area (Å²) >= 11 is 0. The lowest BCUT2D eigenvalue weighted by Crippen LogP contribution is -2.41. The zero-order valence-electron chi connectivity index (χ0n) is 19.1. The smallest absolute Gasteiger partial charge is 0.386 e. The molecular formula is C28H21F6NO2. The van der Waals surface area contributed by atoms with E-state index < -0.39 is 42.0 Å². The SMILES string of the molecule is O=C(N[C@@H](Cc1ccc(C(F)(F)F)cc1)[C@H](O)c1ccc(F)cc1)c1ccc(C(F)F)c2ccccc12. The van der Waals surface area contributed by atoms with E-state index in [4.69, 9.17) is 0 Å². The van der Waals surface area contributed by atoms with Gasteiger partial charge in [0.25, 0.3) is 12.3 Å². The predicted octanol–water partition coefficient (Wildman–Crippen LogP) is 7.01. The van der Waals surface area contributed by atoms with Crippen LogP contribution in [0, 0.1) is 5.82 Å². The van der Waals surface area contributed by atoms with Gasteiger partial charge in [-0.2, -0.15) is 13.2 Å². The average molecular weight is 517 g/mol. The van der Waals surface area contributed by atoms with Gasteiger partial charge in [0.05, 0.1) is 17.7 Å². The minimum Gasteiger partial charge on any atom is -0.386 e. The van der Waals surface area contributed by atoms with Crippen molar-refractivity contribution in [1.29, 1.82) is 0 Å². The molecule has 0 aliphatic carbocycles. The standard InChI is InChI=1S/C28H21F6NO2/c29-19-11-7-17(8-12-19)25(36)24(15-16-5-9-18(10-6-16)28(32,33)34)35-27(37)23-14-13-22(26(30)31)20-3-1-2-4-21(20)23/h1-14,24-26,36H,15H2,(H,35,37)/t24-,25+/m0/s1. The number of carbonyl (C=O) groups is 1. The topological polar surface area (TPSA) is 49.3 Å². The number of halogens is 6. The molecule has 0 aromatic heterocycles. The van der Waals surface area contributed by atoms with Crippen LogP contribution in [0.15, 0.2) is 84.9 Å². The maximum Gasteiger partial charge on any atom is 0.416 e. The molecule has 0 aliphatic rings. The number of fused-ring (bicyclic) bond motifs is 1. The van der Waals surface area contributed by atoms with E-state index in [0.29, 0.717) is 5.56 Å². The molecule has 0 spiro atoms. The second-order valence-electron chi connectivity index (χ2n) is 8.52. The van der Waals surface area contributed by atoms with Gasteiger partial charge in [0.2, 0.25) is 0 Å². The van der Waals surface area contributed by atoms with Crippen LogP contribution in [0.1, 0.15) is 45.1 Å². The number of nitrogens with one attached hydrogen (secondary N) is 1. The quantitative estimate of drug-likeness (QED) is 0.259. The van der Waals surface area contributed by atoms with E-state index in [0.717, 1.165) is 30.3 Å². The van der Waals surface area contributed by atoms with Crippen molar-refractivity contribution in [3.05, 3.63) is 119 Å². The first-order chi connectivity index (χ1) is 17.5. The number of alkyl halides is 5. The number of amides is 1. The van der Waals surface area contributed by atoms with Gasteiger partial charge in [-0.15, -0.1) is 0 Å². The van der Waals surface area contributed by atoms with Crippen molar-refractivity contribution in [3.8, 4) is 0 Å². The van der Waals surface area contributed by atoms with E-state index in [1.165, 1.54) is 42.5 Å². The zero-order valence-corrected chi connectivity index (χ0v) is 19.1. The monoisotopic (exact) mass is 517 g/mol. The Kier molecular flexibility index (Phi) is 7.54. The van der Waals surface area contributed by atoms with Gasteiger partial charge in [-0.1, -0.05) is 54.6 Å². The van der Waals surface area contributed by atoms with E-state index >= 15 is 0 Å². The molecule has 4 rings (SSSR count). The molecule has 192 valence electrons. The Bertz CT molecular complexity index is 1380. The van der Waals surface area contributed by atoms with Gasteiger partial charge in [-0.25, -0.2) is 13.2 Å². The van der Waals surface area contributed by atoms with Crippen molar-refractivity contribution in [2.24, 2.45) is 0 Å². The number of hydrogen-bond donors (Lipinski definition) is 2. The molecule has 0 fully saturated rings. The maximum absolute atomic E-state index is 13.5. The Morgan fingerprint density at radius 2 is 1.46 bits per heavy atom. The summed E-state index contributed by atoms with van der Waals surface area (Å²) < 4.78 is 79.2. The molecule has 0 saturated carbocycles. The molecule has 0 unspecified atom stereocenters. The molecule has 0 heterocycles. The zero-order chi connectivity index (χ0) is 26.7. The first kappa shape index (κ1) is 26.2. The first-order valence-corrected chi connectivity index (χ1v) is 11.2. The first-order valence-electron chi connectivity index (χ1n) is 11.2. The summed E-state index contributed by atoms with van der Waals surface area (Å²) in [5.41, 5.74) is -0.320. The van der Waals surface area contributed by atoms with Crippen molar-refractivity contribution in [2.45, 2.75) is 31.2 Å². The number of aliphatic hydroxyl groups excluding tert-OH is 1. The normalized spacial score (nSPS) is 13.5. The summed E-state index contributed by atoms with van der Waals surface area (Å²) in [6.45, 7) is 0. The molecule has 0 saturated heterocycles. The largest absolute Gasteiger partial charge is 0.416 e. The molecule has 2 atom stereocenters. The Labute approximate surface area is 208 Å². The summed E-state index contributed by atoms with van der Waals surface area (Å²) in [6.07, 6.45) is -8.69. The van der Waals surface area contributed by atoms with Crippen LogP contribution in [0.4, 0.5) is 26.3 Å². The van der Waals surface area contributed by atoms with Gasteiger partial charge in [0.15, 0.2) is 0 Å². The van der Waals surface area contributed by atoms with Crippen LogP contribution in [0.2, 0.25) is 0 Å². The summed E-state index contributed by atoms with van der Waals surface area (Å²) in [4.78, 5) is 13.3. The highest BCUT2D eigenvalue weighted by Gasteiger charge is 2.30. The van der Waals surface area contributed by atoms with Crippen LogP contribution in [0.3, 0.4) is 0 Å². The fourth-order valence-electron chi connectivity index (χ4n) is 4.17. The van der Waals surface area contributed by atoms with Crippen molar-refractivity contribution < 1.29 is 36.2 Å². The van der Waals surface area contributed by atoms with Crippen molar-refractivity contribution in [3.63, 3.8) is 0 Å². The van der Waals surface area contributed by atoms with Crippen LogP contribution in [0.25, 0.3) is 10.8 Å². The molecular weight excluding hydrogens is 496 g/mol. The number of carbonyl (C=O) groups excluding carboxylic acids is 1. The van der Waals surface area contributed by atoms with E-state index in [2.05, 4.69) is 5.32 Å². The van der Waals surface area contributed by atoms with E-state index in [-0.39, 0.29) is 33.9 Å². The number of benzene rings is 4. The molecule has 4 aromatic carbocycles. The minimum absolute atomic E-state index is 0.0600. The van der Waals surface area contributed by atoms with Crippen LogP contribution in [-0.4, -0.2) is 17.1 Å². The third-order valence-corrected chi connectivity index (χ3v) is 6.08. The third-order valence-electron chi connectivity index (χ3n) is 6.08. The summed E-state index contributed by atoms with van der Waals surface area (Å²) in [5.74, 6) is -1.21. The summed E-state index contributed by atoms with van der Waals surface area (Å²) in [5, 5.41) is 14.2. The fraction of sp³-hybridized carbons (Fsp3) is 0.179. The van der Waals surface area contributed by atoms with Gasteiger partial charge in [0.1, 0.15) is 5.82 Å². The fourth-order valence-corrected chi connectivity index (χ4v) is 4.17. The summed E-state index contributed by atoms with van der Waals surface area (Å²) in [6, 6.07) is 16.8. The second kappa shape index (κ2) is 10.6. The minimum atomic E-state index is -4.52. The van der Waals surface area contributed by atoms with Gasteiger partial charge in [-0.05, 0) is 58.7 Å². The summed E-state index contributed by atoms with van der Waals surface area (Å²) in [7, 11) is 0. The van der Waals surface area contributed by atoms with Crippen LogP contribution in [-0.2, 0) is 12.6 Å². The van der Waals surface area contributed by atoms with E-state index in [1.807, 2.05) is 0 Å². The van der Waals surface area contributed by atoms with Crippen LogP contribution >= 0.6 is 0 Å². The Balaban J connectivity index is 1.67. The highest BCUT2D eigenvalue weighted by molar-refractivity contribution is 6.08. The maximum atomic E-state index is 13.5. The molecule has 0 radical (unpaired) electrons. The average Bonchev–Trinajstić information content (AvgIpc) is 2.87. The Hall–Kier alpha value is -3.85. The Morgan fingerprint density at radius 1 is 0.838 bits per heavy atom. The molecule has 0 bridgehead atoms. The van der Waals surface area contributed by atoms with Gasteiger partial charge in [0, 0.05) is 11.1 Å². The number of hydrogen-bond acceptors (Lipinski definition) is 2. The highest BCUT2D eigenvalue weighted by atomic mass is 19.4. The van der Waals surface area contributed by atoms with Crippen molar-refractivity contribution in [1.82, 2.24) is 5.32 Å². The lowest BCUT2D eigenvalue weighted by atomic mass is 9.94. The van der Waals surface area contributed by atoms with Crippen molar-refractivity contribution in [2.75, 3.05) is 0 Å². The van der Waals surface area contributed by atoms with E-state index in [1.54, 1.807) is 12.1 Å². The number of aliphatic hydroxyl groups is 1. The van der Waals surface area contributed by atoms with Gasteiger partial charge >= 0.3 is 6.18 Å². The second-order valence-corrected chi connectivity index (χ2v) is 8.52. The van der Waals surface area contributed by atoms with E-state index in [9.17, 15) is 36.2 Å². The van der Waals surface area contributed by atoms with Gasteiger partial charge < -0.3 is 10.4 Å². The van der Waals surface area contributed by atoms with Crippen LogP contribution in [0.5, 0.6) is 0 Å². The molecule has 37 heavy (non-hydrogen) atoms. The van der Waals surface area contributed by atoms with Crippen LogP contribution < -0.4 is 5.32 Å². The lowest BCUT2D eigenvalue weighted by molar-refractivity contribution is -0.137.